The summed E-state index contributed by atoms with van der Waals surface area (Å²) in [5, 5.41) is 8.80. The first-order valence-corrected chi connectivity index (χ1v) is 9.76. The number of fused-ring (bicyclic) bond motifs is 1. The van der Waals surface area contributed by atoms with E-state index < -0.39 is 0 Å². The maximum Gasteiger partial charge on any atom is 0.275 e. The number of benzene rings is 2. The molecule has 0 aliphatic carbocycles. The molecule has 7 heteroatoms. The molecule has 1 fully saturated rings. The Morgan fingerprint density at radius 2 is 1.86 bits per heavy atom. The van der Waals surface area contributed by atoms with E-state index in [9.17, 15) is 9.59 Å². The number of aromatic nitrogens is 2. The first-order valence-electron chi connectivity index (χ1n) is 9.76. The Morgan fingerprint density at radius 1 is 1.14 bits per heavy atom. The summed E-state index contributed by atoms with van der Waals surface area (Å²) in [5.41, 5.74) is 1.31. The molecule has 1 N–H and O–H groups in total. The Kier molecular flexibility index (Phi) is 5.20. The van der Waals surface area contributed by atoms with Crippen LogP contribution in [-0.4, -0.2) is 35.9 Å². The molecule has 7 nitrogen and oxygen atoms in total. The monoisotopic (exact) mass is 392 g/mol. The van der Waals surface area contributed by atoms with Gasteiger partial charge in [0.25, 0.3) is 5.56 Å². The fraction of sp³-hybridized carbons (Fsp3) is 0.318. The van der Waals surface area contributed by atoms with E-state index in [2.05, 4.69) is 15.3 Å². The maximum atomic E-state index is 12.9. The van der Waals surface area contributed by atoms with Crippen LogP contribution in [0.25, 0.3) is 10.8 Å². The van der Waals surface area contributed by atoms with Gasteiger partial charge in [0.2, 0.25) is 5.91 Å². The van der Waals surface area contributed by atoms with Crippen LogP contribution in [0.15, 0.2) is 47.3 Å². The van der Waals surface area contributed by atoms with Crippen molar-refractivity contribution in [2.45, 2.75) is 26.3 Å². The number of hydrogen-bond donors (Lipinski definition) is 1. The molecule has 1 aliphatic heterocycles. The van der Waals surface area contributed by atoms with Gasteiger partial charge in [-0.2, -0.15) is 5.10 Å². The molecule has 0 radical (unpaired) electrons. The van der Waals surface area contributed by atoms with Crippen molar-refractivity contribution in [2.75, 3.05) is 30.4 Å². The number of anilines is 2. The first kappa shape index (κ1) is 19.0. The van der Waals surface area contributed by atoms with E-state index in [1.165, 1.54) is 4.68 Å². The molecule has 29 heavy (non-hydrogen) atoms. The van der Waals surface area contributed by atoms with Crippen LogP contribution in [0.2, 0.25) is 0 Å². The van der Waals surface area contributed by atoms with Crippen molar-refractivity contribution in [3.63, 3.8) is 0 Å². The summed E-state index contributed by atoms with van der Waals surface area (Å²) in [6.45, 7) is 3.58. The van der Waals surface area contributed by atoms with Gasteiger partial charge in [0, 0.05) is 18.5 Å². The van der Waals surface area contributed by atoms with E-state index in [1.54, 1.807) is 19.2 Å². The molecule has 1 saturated heterocycles. The van der Waals surface area contributed by atoms with Gasteiger partial charge in [-0.05, 0) is 43.5 Å². The van der Waals surface area contributed by atoms with E-state index in [-0.39, 0.29) is 18.0 Å². The minimum Gasteiger partial charge on any atom is -0.495 e. The Morgan fingerprint density at radius 3 is 2.59 bits per heavy atom. The van der Waals surface area contributed by atoms with Crippen molar-refractivity contribution in [3.05, 3.63) is 58.4 Å². The minimum atomic E-state index is -0.328. The number of carbonyl (C=O) groups excluding carboxylic acids is 1. The van der Waals surface area contributed by atoms with Gasteiger partial charge >= 0.3 is 0 Å². The summed E-state index contributed by atoms with van der Waals surface area (Å²) in [6.07, 6.45) is 2.20. The van der Waals surface area contributed by atoms with E-state index in [0.717, 1.165) is 42.7 Å². The molecule has 1 aromatic heterocycles. The van der Waals surface area contributed by atoms with Gasteiger partial charge in [-0.15, -0.1) is 0 Å². The molecule has 4 rings (SSSR count). The average molecular weight is 392 g/mol. The third kappa shape index (κ3) is 3.81. The zero-order chi connectivity index (χ0) is 20.4. The molecule has 0 spiro atoms. The topological polar surface area (TPSA) is 76.5 Å². The first-order chi connectivity index (χ1) is 14.1. The molecule has 0 saturated carbocycles. The summed E-state index contributed by atoms with van der Waals surface area (Å²) in [5.74, 6) is 1.00. The van der Waals surface area contributed by atoms with Crippen molar-refractivity contribution in [2.24, 2.45) is 0 Å². The lowest BCUT2D eigenvalue weighted by molar-refractivity contribution is -0.117. The molecule has 3 aromatic rings. The van der Waals surface area contributed by atoms with E-state index in [1.807, 2.05) is 37.3 Å². The summed E-state index contributed by atoms with van der Waals surface area (Å²) in [4.78, 5) is 27.8. The third-order valence-electron chi connectivity index (χ3n) is 5.18. The molecule has 150 valence electrons. The van der Waals surface area contributed by atoms with E-state index in [0.29, 0.717) is 16.8 Å². The molecule has 1 aliphatic rings. The van der Waals surface area contributed by atoms with Gasteiger partial charge in [0.15, 0.2) is 5.82 Å². The Balaban J connectivity index is 1.67. The van der Waals surface area contributed by atoms with Crippen LogP contribution in [0.3, 0.4) is 0 Å². The van der Waals surface area contributed by atoms with Crippen LogP contribution in [0, 0.1) is 6.92 Å². The largest absolute Gasteiger partial charge is 0.495 e. The lowest BCUT2D eigenvalue weighted by atomic mass is 10.2. The quantitative estimate of drug-likeness (QED) is 0.722. The fourth-order valence-electron chi connectivity index (χ4n) is 3.73. The SMILES string of the molecule is COc1ccc(C)cc1NC(=O)Cn1nc(N2CCCC2)c2ccccc2c1=O. The smallest absolute Gasteiger partial charge is 0.275 e. The number of nitrogens with zero attached hydrogens (tertiary/aromatic N) is 3. The highest BCUT2D eigenvalue weighted by Gasteiger charge is 2.20. The van der Waals surface area contributed by atoms with Gasteiger partial charge in [-0.1, -0.05) is 24.3 Å². The number of ether oxygens (including phenoxy) is 1. The third-order valence-corrected chi connectivity index (χ3v) is 5.18. The number of aryl methyl sites for hydroxylation is 1. The van der Waals surface area contributed by atoms with Gasteiger partial charge in [0.05, 0.1) is 18.2 Å². The second-order valence-corrected chi connectivity index (χ2v) is 7.28. The number of carbonyl (C=O) groups is 1. The van der Waals surface area contributed by atoms with Crippen LogP contribution in [0.4, 0.5) is 11.5 Å². The van der Waals surface area contributed by atoms with Crippen molar-refractivity contribution < 1.29 is 9.53 Å². The van der Waals surface area contributed by atoms with E-state index in [4.69, 9.17) is 4.74 Å². The van der Waals surface area contributed by atoms with Crippen molar-refractivity contribution >= 4 is 28.2 Å². The predicted octanol–water partition coefficient (Wildman–Crippen LogP) is 2.95. The highest BCUT2D eigenvalue weighted by molar-refractivity contribution is 5.94. The molecule has 1 amide bonds. The van der Waals surface area contributed by atoms with Crippen LogP contribution < -0.4 is 20.5 Å². The van der Waals surface area contributed by atoms with Gasteiger partial charge < -0.3 is 15.0 Å². The highest BCUT2D eigenvalue weighted by atomic mass is 16.5. The number of methoxy groups -OCH3 is 1. The van der Waals surface area contributed by atoms with E-state index >= 15 is 0 Å². The number of rotatable bonds is 5. The molecule has 0 bridgehead atoms. The second kappa shape index (κ2) is 7.95. The van der Waals surface area contributed by atoms with Gasteiger partial charge in [0.1, 0.15) is 12.3 Å². The average Bonchev–Trinajstić information content (AvgIpc) is 3.25. The van der Waals surface area contributed by atoms with Gasteiger partial charge in [-0.25, -0.2) is 4.68 Å². The lowest BCUT2D eigenvalue weighted by Crippen LogP contribution is -2.32. The highest BCUT2D eigenvalue weighted by Crippen LogP contribution is 2.26. The Bertz CT molecular complexity index is 1120. The van der Waals surface area contributed by atoms with Crippen LogP contribution in [0.1, 0.15) is 18.4 Å². The second-order valence-electron chi connectivity index (χ2n) is 7.28. The molecule has 0 atom stereocenters. The summed E-state index contributed by atoms with van der Waals surface area (Å²) >= 11 is 0. The molecular formula is C22H24N4O3. The molecule has 2 heterocycles. The van der Waals surface area contributed by atoms with Crippen molar-refractivity contribution in [1.82, 2.24) is 9.78 Å². The fourth-order valence-corrected chi connectivity index (χ4v) is 3.73. The normalized spacial score (nSPS) is 13.7. The number of amides is 1. The van der Waals surface area contributed by atoms with Gasteiger partial charge in [-0.3, -0.25) is 9.59 Å². The minimum absolute atomic E-state index is 0.165. The summed E-state index contributed by atoms with van der Waals surface area (Å²) in [7, 11) is 1.55. The molecule has 2 aromatic carbocycles. The Labute approximate surface area is 168 Å². The number of nitrogens with one attached hydrogen (secondary N) is 1. The summed E-state index contributed by atoms with van der Waals surface area (Å²) < 4.78 is 6.57. The standard InChI is InChI=1S/C22H24N4O3/c1-15-9-10-19(29-2)18(13-15)23-20(27)14-26-22(28)17-8-4-3-7-16(17)21(24-26)25-11-5-6-12-25/h3-4,7-10,13H,5-6,11-12,14H2,1-2H3,(H,23,27). The lowest BCUT2D eigenvalue weighted by Gasteiger charge is -2.20. The number of hydrogen-bond acceptors (Lipinski definition) is 5. The Hall–Kier alpha value is -3.35. The van der Waals surface area contributed by atoms with Crippen LogP contribution in [-0.2, 0) is 11.3 Å². The van der Waals surface area contributed by atoms with Crippen LogP contribution >= 0.6 is 0 Å². The molecular weight excluding hydrogens is 368 g/mol. The zero-order valence-electron chi connectivity index (χ0n) is 16.6. The summed E-state index contributed by atoms with van der Waals surface area (Å²) in [6, 6.07) is 13.0. The zero-order valence-corrected chi connectivity index (χ0v) is 16.6. The van der Waals surface area contributed by atoms with Crippen molar-refractivity contribution in [1.29, 1.82) is 0 Å². The van der Waals surface area contributed by atoms with Crippen molar-refractivity contribution in [3.8, 4) is 5.75 Å². The van der Waals surface area contributed by atoms with Crippen LogP contribution in [0.5, 0.6) is 5.75 Å². The molecule has 0 unspecified atom stereocenters. The maximum absolute atomic E-state index is 12.9. The predicted molar refractivity (Wildman–Crippen MR) is 114 cm³/mol.